The van der Waals surface area contributed by atoms with Crippen LogP contribution in [0.3, 0.4) is 0 Å². The number of para-hydroxylation sites is 1. The molecule has 1 saturated heterocycles. The Labute approximate surface area is 227 Å². The first-order valence-corrected chi connectivity index (χ1v) is 13.3. The minimum absolute atomic E-state index is 0.0631. The largest absolute Gasteiger partial charge is 0.364 e. The van der Waals surface area contributed by atoms with Gasteiger partial charge in [0.2, 0.25) is 5.95 Å². The number of fused-ring (bicyclic) bond motifs is 1. The van der Waals surface area contributed by atoms with E-state index in [1.54, 1.807) is 12.3 Å². The van der Waals surface area contributed by atoms with Crippen molar-refractivity contribution in [3.05, 3.63) is 69.5 Å². The number of benzene rings is 2. The highest BCUT2D eigenvalue weighted by Gasteiger charge is 2.30. The third kappa shape index (κ3) is 5.16. The van der Waals surface area contributed by atoms with E-state index in [1.165, 1.54) is 0 Å². The summed E-state index contributed by atoms with van der Waals surface area (Å²) in [5.74, 6) is 0.312. The molecule has 9 nitrogen and oxygen atoms in total. The number of nitrogens with one attached hydrogen (secondary N) is 2. The number of halogens is 1. The van der Waals surface area contributed by atoms with Crippen LogP contribution in [-0.2, 0) is 0 Å². The van der Waals surface area contributed by atoms with Gasteiger partial charge in [-0.3, -0.25) is 10.1 Å². The predicted molar refractivity (Wildman–Crippen MR) is 154 cm³/mol. The average Bonchev–Trinajstić information content (AvgIpc) is 3.57. The van der Waals surface area contributed by atoms with Crippen molar-refractivity contribution in [2.75, 3.05) is 36.9 Å². The molecule has 0 bridgehead atoms. The van der Waals surface area contributed by atoms with Gasteiger partial charge in [-0.15, -0.1) is 0 Å². The topological polar surface area (TPSA) is 103 Å². The average molecular weight is 534 g/mol. The summed E-state index contributed by atoms with van der Waals surface area (Å²) in [6.45, 7) is 6.85. The van der Waals surface area contributed by atoms with Gasteiger partial charge in [-0.25, -0.2) is 9.97 Å². The lowest BCUT2D eigenvalue weighted by Gasteiger charge is -2.25. The zero-order valence-electron chi connectivity index (χ0n) is 21.9. The fourth-order valence-corrected chi connectivity index (χ4v) is 5.37. The molecule has 3 heterocycles. The van der Waals surface area contributed by atoms with Gasteiger partial charge in [0, 0.05) is 53.5 Å². The molecule has 0 amide bonds. The summed E-state index contributed by atoms with van der Waals surface area (Å²) in [6.07, 6.45) is 6.73. The zero-order chi connectivity index (χ0) is 26.8. The van der Waals surface area contributed by atoms with Crippen molar-refractivity contribution in [2.24, 2.45) is 0 Å². The van der Waals surface area contributed by atoms with Crippen LogP contribution in [0.5, 0.6) is 0 Å². The van der Waals surface area contributed by atoms with Crippen molar-refractivity contribution in [2.45, 2.75) is 39.2 Å². The highest BCUT2D eigenvalue weighted by atomic mass is 35.5. The molecule has 0 unspecified atom stereocenters. The smallest absolute Gasteiger partial charge is 0.294 e. The maximum absolute atomic E-state index is 12.0. The van der Waals surface area contributed by atoms with E-state index in [1.807, 2.05) is 43.5 Å². The van der Waals surface area contributed by atoms with E-state index in [-0.39, 0.29) is 10.6 Å². The summed E-state index contributed by atoms with van der Waals surface area (Å²) in [4.78, 5) is 28.5. The lowest BCUT2D eigenvalue weighted by Crippen LogP contribution is -2.35. The predicted octanol–water partition coefficient (Wildman–Crippen LogP) is 6.55. The van der Waals surface area contributed by atoms with Crippen molar-refractivity contribution < 1.29 is 4.92 Å². The van der Waals surface area contributed by atoms with Crippen molar-refractivity contribution >= 4 is 45.5 Å². The molecule has 2 aromatic heterocycles. The standard InChI is InChI=1S/C28H32ClN7O2/c1-4-5-12-34(3)20-11-13-35(17-20)24-10-9-19(14-25(24)36(37)38)32-28-31-16-23(29)27(33-28)22-15-30-26-18(2)7-6-8-21(22)26/h6-10,14-16,20,30H,4-5,11-13,17H2,1-3H3,(H,31,32,33)/t20-/m0/s1. The SMILES string of the molecule is CCCCN(C)[C@H]1CCN(c2ccc(Nc3ncc(Cl)c(-c4c[nH]c5c(C)cccc45)n3)cc2[N+](=O)[O-])C1. The van der Waals surface area contributed by atoms with Crippen LogP contribution >= 0.6 is 11.6 Å². The summed E-state index contributed by atoms with van der Waals surface area (Å²) in [7, 11) is 2.14. The monoisotopic (exact) mass is 533 g/mol. The number of nitrogens with zero attached hydrogens (tertiary/aromatic N) is 5. The molecule has 0 radical (unpaired) electrons. The third-order valence-electron chi connectivity index (χ3n) is 7.34. The molecular formula is C28H32ClN7O2. The maximum Gasteiger partial charge on any atom is 0.294 e. The molecule has 198 valence electrons. The molecule has 10 heteroatoms. The first-order valence-electron chi connectivity index (χ1n) is 13.0. The lowest BCUT2D eigenvalue weighted by molar-refractivity contribution is -0.384. The Hall–Kier alpha value is -3.69. The fraction of sp³-hybridized carbons (Fsp3) is 0.357. The molecule has 0 spiro atoms. The van der Waals surface area contributed by atoms with Gasteiger partial charge in [-0.2, -0.15) is 0 Å². The third-order valence-corrected chi connectivity index (χ3v) is 7.62. The van der Waals surface area contributed by atoms with E-state index in [9.17, 15) is 10.1 Å². The van der Waals surface area contributed by atoms with Gasteiger partial charge in [0.05, 0.1) is 21.8 Å². The summed E-state index contributed by atoms with van der Waals surface area (Å²) in [5, 5.41) is 16.6. The number of rotatable bonds is 9. The van der Waals surface area contributed by atoms with Gasteiger partial charge < -0.3 is 20.1 Å². The summed E-state index contributed by atoms with van der Waals surface area (Å²) < 4.78 is 0. The van der Waals surface area contributed by atoms with Gasteiger partial charge in [0.1, 0.15) is 5.69 Å². The Morgan fingerprint density at radius 3 is 2.95 bits per heavy atom. The molecule has 1 aliphatic heterocycles. The summed E-state index contributed by atoms with van der Waals surface area (Å²) in [6, 6.07) is 11.7. The van der Waals surface area contributed by atoms with Crippen LogP contribution in [0.1, 0.15) is 31.7 Å². The number of hydrogen-bond donors (Lipinski definition) is 2. The number of likely N-dealkylation sites (N-methyl/N-ethyl adjacent to an activating group) is 1. The number of nitro benzene ring substituents is 1. The molecule has 1 aliphatic rings. The van der Waals surface area contributed by atoms with Crippen LogP contribution < -0.4 is 10.2 Å². The molecule has 0 saturated carbocycles. The summed E-state index contributed by atoms with van der Waals surface area (Å²) >= 11 is 6.49. The molecule has 2 aromatic carbocycles. The molecule has 38 heavy (non-hydrogen) atoms. The molecule has 1 fully saturated rings. The normalized spacial score (nSPS) is 15.5. The molecule has 1 atom stereocenters. The van der Waals surface area contributed by atoms with Gasteiger partial charge in [0.15, 0.2) is 0 Å². The number of nitro groups is 1. The molecule has 0 aliphatic carbocycles. The Morgan fingerprint density at radius 1 is 1.32 bits per heavy atom. The Kier molecular flexibility index (Phi) is 7.49. The second-order valence-corrected chi connectivity index (χ2v) is 10.3. The second-order valence-electron chi connectivity index (χ2n) is 9.90. The Morgan fingerprint density at radius 2 is 2.16 bits per heavy atom. The number of anilines is 3. The van der Waals surface area contributed by atoms with Gasteiger partial charge in [-0.1, -0.05) is 43.1 Å². The van der Waals surface area contributed by atoms with E-state index < -0.39 is 0 Å². The minimum Gasteiger partial charge on any atom is -0.364 e. The number of aromatic amines is 1. The quantitative estimate of drug-likeness (QED) is 0.186. The van der Waals surface area contributed by atoms with Crippen LogP contribution in [0.15, 0.2) is 48.8 Å². The van der Waals surface area contributed by atoms with Gasteiger partial charge in [-0.05, 0) is 51.1 Å². The summed E-state index contributed by atoms with van der Waals surface area (Å²) in [5.41, 5.74) is 4.85. The van der Waals surface area contributed by atoms with E-state index >= 15 is 0 Å². The first kappa shape index (κ1) is 25.9. The molecule has 4 aromatic rings. The van der Waals surface area contributed by atoms with Gasteiger partial charge >= 0.3 is 0 Å². The van der Waals surface area contributed by atoms with Crippen molar-refractivity contribution in [3.8, 4) is 11.3 Å². The first-order chi connectivity index (χ1) is 18.4. The maximum atomic E-state index is 12.0. The molecule has 5 rings (SSSR count). The van der Waals surface area contributed by atoms with Gasteiger partial charge in [0.25, 0.3) is 5.69 Å². The highest BCUT2D eigenvalue weighted by Crippen LogP contribution is 2.36. The van der Waals surface area contributed by atoms with Crippen LogP contribution in [0, 0.1) is 17.0 Å². The number of aryl methyl sites for hydroxylation is 1. The van der Waals surface area contributed by atoms with Crippen LogP contribution in [0.25, 0.3) is 22.2 Å². The number of H-pyrrole nitrogens is 1. The van der Waals surface area contributed by atoms with Crippen molar-refractivity contribution in [1.29, 1.82) is 0 Å². The van der Waals surface area contributed by atoms with E-state index in [4.69, 9.17) is 11.6 Å². The molecular weight excluding hydrogens is 502 g/mol. The van der Waals surface area contributed by atoms with Crippen LogP contribution in [0.4, 0.5) is 23.0 Å². The van der Waals surface area contributed by atoms with Crippen LogP contribution in [-0.4, -0.2) is 57.5 Å². The lowest BCUT2D eigenvalue weighted by atomic mass is 10.1. The second kappa shape index (κ2) is 11.0. The zero-order valence-corrected chi connectivity index (χ0v) is 22.6. The van der Waals surface area contributed by atoms with E-state index in [2.05, 4.69) is 44.0 Å². The van der Waals surface area contributed by atoms with E-state index in [0.29, 0.717) is 34.1 Å². The van der Waals surface area contributed by atoms with E-state index in [0.717, 1.165) is 60.9 Å². The minimum atomic E-state index is -0.322. The van der Waals surface area contributed by atoms with Crippen molar-refractivity contribution in [3.63, 3.8) is 0 Å². The Balaban J connectivity index is 1.39. The molecule has 2 N–H and O–H groups in total. The highest BCUT2D eigenvalue weighted by molar-refractivity contribution is 6.33. The number of aromatic nitrogens is 3. The van der Waals surface area contributed by atoms with Crippen LogP contribution in [0.2, 0.25) is 5.02 Å². The number of hydrogen-bond acceptors (Lipinski definition) is 7. The fourth-order valence-electron chi connectivity index (χ4n) is 5.17. The van der Waals surface area contributed by atoms with Crippen molar-refractivity contribution in [1.82, 2.24) is 19.9 Å². The Bertz CT molecular complexity index is 1470. The number of unbranched alkanes of at least 4 members (excludes halogenated alkanes) is 1.